The second kappa shape index (κ2) is 7.54. The number of ether oxygens (including phenoxy) is 2. The molecular weight excluding hydrogens is 446 g/mol. The minimum Gasteiger partial charge on any atom is -0.503 e. The maximum absolute atomic E-state index is 13.1. The third kappa shape index (κ3) is 3.23. The van der Waals surface area contributed by atoms with Gasteiger partial charge in [-0.2, -0.15) is 0 Å². The van der Waals surface area contributed by atoms with E-state index in [1.165, 1.54) is 0 Å². The highest BCUT2D eigenvalue weighted by Crippen LogP contribution is 2.44. The summed E-state index contributed by atoms with van der Waals surface area (Å²) >= 11 is 3.47. The van der Waals surface area contributed by atoms with Crippen LogP contribution in [0.15, 0.2) is 83.0 Å². The van der Waals surface area contributed by atoms with E-state index < -0.39 is 6.04 Å². The fraction of sp³-hybridized carbons (Fsp3) is 0.125. The van der Waals surface area contributed by atoms with Gasteiger partial charge in [-0.1, -0.05) is 64.5 Å². The van der Waals surface area contributed by atoms with Crippen LogP contribution >= 0.6 is 15.9 Å². The Labute approximate surface area is 182 Å². The average molecular weight is 464 g/mol. The van der Waals surface area contributed by atoms with Gasteiger partial charge in [0.1, 0.15) is 0 Å². The SMILES string of the molecule is O=C1C(O)=C(c2ccccc2)C(c2ccc(Br)cc2)N1Cc1ccc2c(c1)OCO2. The Morgan fingerprint density at radius 2 is 1.70 bits per heavy atom. The number of nitrogens with zero attached hydrogens (tertiary/aromatic N) is 1. The number of aliphatic hydroxyl groups is 1. The summed E-state index contributed by atoms with van der Waals surface area (Å²) in [4.78, 5) is 14.8. The van der Waals surface area contributed by atoms with E-state index in [4.69, 9.17) is 9.47 Å². The zero-order chi connectivity index (χ0) is 20.7. The smallest absolute Gasteiger partial charge is 0.290 e. The van der Waals surface area contributed by atoms with E-state index >= 15 is 0 Å². The first kappa shape index (κ1) is 18.8. The lowest BCUT2D eigenvalue weighted by molar-refractivity contribution is -0.130. The summed E-state index contributed by atoms with van der Waals surface area (Å²) in [5, 5.41) is 10.8. The highest BCUT2D eigenvalue weighted by atomic mass is 79.9. The van der Waals surface area contributed by atoms with Gasteiger partial charge >= 0.3 is 0 Å². The minimum absolute atomic E-state index is 0.198. The molecular formula is C24H18BrNO4. The van der Waals surface area contributed by atoms with Crippen molar-refractivity contribution in [3.8, 4) is 11.5 Å². The molecule has 2 aliphatic heterocycles. The molecule has 6 heteroatoms. The van der Waals surface area contributed by atoms with Gasteiger partial charge in [0.15, 0.2) is 17.3 Å². The van der Waals surface area contributed by atoms with Crippen LogP contribution in [0, 0.1) is 0 Å². The van der Waals surface area contributed by atoms with Crippen molar-refractivity contribution in [2.75, 3.05) is 6.79 Å². The number of benzene rings is 3. The second-order valence-corrected chi connectivity index (χ2v) is 8.12. The highest BCUT2D eigenvalue weighted by Gasteiger charge is 2.41. The van der Waals surface area contributed by atoms with Gasteiger partial charge in [0.05, 0.1) is 6.04 Å². The molecule has 0 bridgehead atoms. The van der Waals surface area contributed by atoms with Crippen LogP contribution in [0.25, 0.3) is 5.57 Å². The molecule has 2 heterocycles. The van der Waals surface area contributed by atoms with Crippen LogP contribution in [0.5, 0.6) is 11.5 Å². The summed E-state index contributed by atoms with van der Waals surface area (Å²) in [7, 11) is 0. The molecule has 0 aromatic heterocycles. The quantitative estimate of drug-likeness (QED) is 0.575. The Kier molecular flexibility index (Phi) is 4.71. The molecule has 0 saturated heterocycles. The van der Waals surface area contributed by atoms with Gasteiger partial charge in [-0.3, -0.25) is 4.79 Å². The van der Waals surface area contributed by atoms with Crippen LogP contribution in [0.4, 0.5) is 0 Å². The number of rotatable bonds is 4. The summed E-state index contributed by atoms with van der Waals surface area (Å²) in [6.07, 6.45) is 0. The van der Waals surface area contributed by atoms with Crippen LogP contribution in [0.3, 0.4) is 0 Å². The predicted octanol–water partition coefficient (Wildman–Crippen LogP) is 5.23. The normalized spacial score (nSPS) is 17.7. The van der Waals surface area contributed by atoms with Crippen molar-refractivity contribution in [3.05, 3.63) is 99.7 Å². The highest BCUT2D eigenvalue weighted by molar-refractivity contribution is 9.10. The summed E-state index contributed by atoms with van der Waals surface area (Å²) in [6, 6.07) is 22.6. The summed E-state index contributed by atoms with van der Waals surface area (Å²) in [6.45, 7) is 0.528. The molecule has 30 heavy (non-hydrogen) atoms. The number of fused-ring (bicyclic) bond motifs is 1. The molecule has 3 aromatic rings. The molecule has 1 atom stereocenters. The molecule has 1 unspecified atom stereocenters. The minimum atomic E-state index is -0.404. The summed E-state index contributed by atoms with van der Waals surface area (Å²) < 4.78 is 11.8. The zero-order valence-electron chi connectivity index (χ0n) is 15.9. The maximum atomic E-state index is 13.1. The van der Waals surface area contributed by atoms with Crippen LogP contribution in [-0.2, 0) is 11.3 Å². The van der Waals surface area contributed by atoms with Crippen molar-refractivity contribution in [1.82, 2.24) is 4.90 Å². The first-order valence-electron chi connectivity index (χ1n) is 9.55. The Morgan fingerprint density at radius 1 is 0.967 bits per heavy atom. The van der Waals surface area contributed by atoms with Gasteiger partial charge in [-0.15, -0.1) is 0 Å². The van der Waals surface area contributed by atoms with Gasteiger partial charge in [0, 0.05) is 16.6 Å². The van der Waals surface area contributed by atoms with E-state index in [2.05, 4.69) is 15.9 Å². The molecule has 5 rings (SSSR count). The van der Waals surface area contributed by atoms with E-state index in [9.17, 15) is 9.90 Å². The zero-order valence-corrected chi connectivity index (χ0v) is 17.5. The maximum Gasteiger partial charge on any atom is 0.290 e. The van der Waals surface area contributed by atoms with Crippen molar-refractivity contribution < 1.29 is 19.4 Å². The van der Waals surface area contributed by atoms with Crippen LogP contribution in [0.2, 0.25) is 0 Å². The summed E-state index contributed by atoms with van der Waals surface area (Å²) in [5.74, 6) is 0.760. The molecule has 2 aliphatic rings. The van der Waals surface area contributed by atoms with Gasteiger partial charge in [0.2, 0.25) is 6.79 Å². The number of halogens is 1. The Balaban J connectivity index is 1.57. The fourth-order valence-corrected chi connectivity index (χ4v) is 4.22. The third-order valence-electron chi connectivity index (χ3n) is 5.36. The van der Waals surface area contributed by atoms with Crippen LogP contribution < -0.4 is 9.47 Å². The molecule has 150 valence electrons. The standard InChI is InChI=1S/C24H18BrNO4/c25-18-9-7-17(8-10-18)22-21(16-4-2-1-3-5-16)23(27)24(28)26(22)13-15-6-11-19-20(12-15)30-14-29-19/h1-12,22,27H,13-14H2. The molecule has 0 fully saturated rings. The van der Waals surface area contributed by atoms with Crippen molar-refractivity contribution in [2.24, 2.45) is 0 Å². The second-order valence-electron chi connectivity index (χ2n) is 7.20. The lowest BCUT2D eigenvalue weighted by atomic mass is 9.93. The van der Waals surface area contributed by atoms with Crippen molar-refractivity contribution in [1.29, 1.82) is 0 Å². The first-order chi connectivity index (χ1) is 14.6. The Morgan fingerprint density at radius 3 is 2.47 bits per heavy atom. The van der Waals surface area contributed by atoms with Gasteiger partial charge in [0.25, 0.3) is 5.91 Å². The molecule has 1 amide bonds. The Hall–Kier alpha value is -3.25. The molecule has 0 radical (unpaired) electrons. The van der Waals surface area contributed by atoms with E-state index in [-0.39, 0.29) is 18.5 Å². The predicted molar refractivity (Wildman–Crippen MR) is 116 cm³/mol. The van der Waals surface area contributed by atoms with Crippen molar-refractivity contribution >= 4 is 27.4 Å². The van der Waals surface area contributed by atoms with Gasteiger partial charge < -0.3 is 19.5 Å². The lowest BCUT2D eigenvalue weighted by Crippen LogP contribution is -2.29. The van der Waals surface area contributed by atoms with E-state index in [0.717, 1.165) is 21.2 Å². The van der Waals surface area contributed by atoms with E-state index in [1.807, 2.05) is 72.8 Å². The number of carbonyl (C=O) groups excluding carboxylic acids is 1. The van der Waals surface area contributed by atoms with Crippen molar-refractivity contribution in [3.63, 3.8) is 0 Å². The number of hydrogen-bond acceptors (Lipinski definition) is 4. The molecule has 0 saturated carbocycles. The fourth-order valence-electron chi connectivity index (χ4n) is 3.96. The topological polar surface area (TPSA) is 59.0 Å². The molecule has 5 nitrogen and oxygen atoms in total. The number of aliphatic hydroxyl groups excluding tert-OH is 1. The Bertz CT molecular complexity index is 1140. The van der Waals surface area contributed by atoms with Gasteiger partial charge in [-0.05, 0) is 41.0 Å². The largest absolute Gasteiger partial charge is 0.503 e. The van der Waals surface area contributed by atoms with Gasteiger partial charge in [-0.25, -0.2) is 0 Å². The van der Waals surface area contributed by atoms with Crippen LogP contribution in [0.1, 0.15) is 22.7 Å². The number of carbonyl (C=O) groups is 1. The molecule has 0 aliphatic carbocycles. The molecule has 0 spiro atoms. The molecule has 1 N–H and O–H groups in total. The monoisotopic (exact) mass is 463 g/mol. The van der Waals surface area contributed by atoms with E-state index in [0.29, 0.717) is 23.6 Å². The average Bonchev–Trinajstić information content (AvgIpc) is 3.33. The molecule has 3 aromatic carbocycles. The lowest BCUT2D eigenvalue weighted by Gasteiger charge is -2.27. The first-order valence-corrected chi connectivity index (χ1v) is 10.3. The number of hydrogen-bond donors (Lipinski definition) is 1. The third-order valence-corrected chi connectivity index (χ3v) is 5.89. The number of amides is 1. The summed E-state index contributed by atoms with van der Waals surface area (Å²) in [5.41, 5.74) is 3.26. The van der Waals surface area contributed by atoms with Crippen LogP contribution in [-0.4, -0.2) is 22.7 Å². The van der Waals surface area contributed by atoms with Crippen molar-refractivity contribution in [2.45, 2.75) is 12.6 Å². The van der Waals surface area contributed by atoms with E-state index in [1.54, 1.807) is 4.90 Å².